The Bertz CT molecular complexity index is 623. The van der Waals surface area contributed by atoms with Gasteiger partial charge < -0.3 is 9.75 Å². The highest BCUT2D eigenvalue weighted by Crippen LogP contribution is 2.29. The average Bonchev–Trinajstić information content (AvgIpc) is 2.78. The molecule has 1 aromatic heterocycles. The highest BCUT2D eigenvalue weighted by molar-refractivity contribution is 6.42. The summed E-state index contributed by atoms with van der Waals surface area (Å²) in [5.74, 6) is 1.45. The summed E-state index contributed by atoms with van der Waals surface area (Å²) >= 11 is 18.1. The van der Waals surface area contributed by atoms with Crippen molar-refractivity contribution in [2.75, 3.05) is 37.2 Å². The molecule has 0 aliphatic carbocycles. The van der Waals surface area contributed by atoms with Crippen LogP contribution in [-0.2, 0) is 11.2 Å². The lowest BCUT2D eigenvalue weighted by molar-refractivity contribution is 0.111. The Balaban J connectivity index is 2.14. The van der Waals surface area contributed by atoms with E-state index in [1.807, 2.05) is 6.07 Å². The molecule has 0 amide bonds. The Labute approximate surface area is 132 Å². The molecule has 20 heavy (non-hydrogen) atoms. The fraction of sp³-hybridized carbons (Fsp3) is 0.462. The van der Waals surface area contributed by atoms with Gasteiger partial charge in [-0.1, -0.05) is 23.2 Å². The number of ether oxygens (including phenoxy) is 1. The number of aryl methyl sites for hydroxylation is 1. The van der Waals surface area contributed by atoms with Gasteiger partial charge >= 0.3 is 0 Å². The normalized spacial score (nSPS) is 16.1. The minimum Gasteiger partial charge on any atom is -0.378 e. The molecule has 0 unspecified atom stereocenters. The van der Waals surface area contributed by atoms with Gasteiger partial charge in [0.25, 0.3) is 0 Å². The largest absolute Gasteiger partial charge is 0.378 e. The van der Waals surface area contributed by atoms with E-state index in [0.717, 1.165) is 29.9 Å². The number of nitrogens with zero attached hydrogens (tertiary/aromatic N) is 3. The molecule has 2 heterocycles. The van der Waals surface area contributed by atoms with Crippen molar-refractivity contribution in [3.8, 4) is 0 Å². The SMILES string of the molecule is ClCCc1nc2cc(Cl)c(Cl)cc2n1N1CCOCC1. The number of hydrogen-bond acceptors (Lipinski definition) is 3. The molecule has 7 heteroatoms. The van der Waals surface area contributed by atoms with Crippen LogP contribution in [0.2, 0.25) is 10.0 Å². The number of fused-ring (bicyclic) bond motifs is 1. The molecule has 108 valence electrons. The lowest BCUT2D eigenvalue weighted by Crippen LogP contribution is -2.44. The molecule has 0 N–H and O–H groups in total. The number of morpholine rings is 1. The summed E-state index contributed by atoms with van der Waals surface area (Å²) in [5.41, 5.74) is 1.80. The van der Waals surface area contributed by atoms with Crippen molar-refractivity contribution < 1.29 is 4.74 Å². The number of aromatic nitrogens is 2. The van der Waals surface area contributed by atoms with E-state index in [1.165, 1.54) is 0 Å². The highest BCUT2D eigenvalue weighted by atomic mass is 35.5. The van der Waals surface area contributed by atoms with Crippen molar-refractivity contribution in [1.82, 2.24) is 9.66 Å². The molecule has 0 bridgehead atoms. The summed E-state index contributed by atoms with van der Waals surface area (Å²) in [6.45, 7) is 3.06. The number of imidazole rings is 1. The molecular formula is C13H14Cl3N3O. The number of rotatable bonds is 3. The average molecular weight is 335 g/mol. The van der Waals surface area contributed by atoms with Gasteiger partial charge in [0.2, 0.25) is 0 Å². The molecule has 3 rings (SSSR count). The van der Waals surface area contributed by atoms with Crippen molar-refractivity contribution in [1.29, 1.82) is 0 Å². The topological polar surface area (TPSA) is 30.3 Å². The van der Waals surface area contributed by atoms with Crippen LogP contribution in [0.1, 0.15) is 5.82 Å². The number of alkyl halides is 1. The Hall–Kier alpha value is -0.680. The lowest BCUT2D eigenvalue weighted by atomic mass is 10.3. The van der Waals surface area contributed by atoms with Gasteiger partial charge in [0.1, 0.15) is 5.82 Å². The quantitative estimate of drug-likeness (QED) is 0.808. The monoisotopic (exact) mass is 333 g/mol. The Morgan fingerprint density at radius 2 is 1.85 bits per heavy atom. The first-order valence-corrected chi connectivity index (χ1v) is 7.75. The van der Waals surface area contributed by atoms with Gasteiger partial charge in [0.15, 0.2) is 0 Å². The molecule has 1 fully saturated rings. The summed E-state index contributed by atoms with van der Waals surface area (Å²) in [6, 6.07) is 3.66. The number of halogens is 3. The molecule has 4 nitrogen and oxygen atoms in total. The van der Waals surface area contributed by atoms with Crippen molar-refractivity contribution in [2.45, 2.75) is 6.42 Å². The van der Waals surface area contributed by atoms with Crippen molar-refractivity contribution >= 4 is 45.8 Å². The highest BCUT2D eigenvalue weighted by Gasteiger charge is 2.19. The van der Waals surface area contributed by atoms with Crippen LogP contribution >= 0.6 is 34.8 Å². The molecule has 1 aromatic carbocycles. The van der Waals surface area contributed by atoms with Crippen LogP contribution in [0.4, 0.5) is 0 Å². The summed E-state index contributed by atoms with van der Waals surface area (Å²) in [6.07, 6.45) is 0.697. The molecule has 0 atom stereocenters. The van der Waals surface area contributed by atoms with Gasteiger partial charge in [0, 0.05) is 12.3 Å². The van der Waals surface area contributed by atoms with E-state index in [2.05, 4.69) is 14.7 Å². The predicted octanol–water partition coefficient (Wildman–Crippen LogP) is 3.09. The summed E-state index contributed by atoms with van der Waals surface area (Å²) in [4.78, 5) is 4.63. The van der Waals surface area contributed by atoms with Crippen LogP contribution < -0.4 is 5.01 Å². The Kier molecular flexibility index (Phi) is 4.26. The predicted molar refractivity (Wildman–Crippen MR) is 82.9 cm³/mol. The molecular weight excluding hydrogens is 321 g/mol. The molecule has 2 aromatic rings. The second-order valence-electron chi connectivity index (χ2n) is 4.60. The van der Waals surface area contributed by atoms with Gasteiger partial charge in [-0.3, -0.25) is 0 Å². The van der Waals surface area contributed by atoms with Gasteiger partial charge in [0.05, 0.1) is 47.4 Å². The van der Waals surface area contributed by atoms with Gasteiger partial charge in [-0.15, -0.1) is 11.6 Å². The maximum absolute atomic E-state index is 6.14. The van der Waals surface area contributed by atoms with E-state index in [9.17, 15) is 0 Å². The smallest absolute Gasteiger partial charge is 0.130 e. The molecule has 1 saturated heterocycles. The third-order valence-corrected chi connectivity index (χ3v) is 4.24. The van der Waals surface area contributed by atoms with Crippen LogP contribution in [-0.4, -0.2) is 41.8 Å². The minimum absolute atomic E-state index is 0.517. The van der Waals surface area contributed by atoms with Crippen LogP contribution in [0.15, 0.2) is 12.1 Å². The minimum atomic E-state index is 0.517. The maximum atomic E-state index is 6.14. The molecule has 1 aliphatic heterocycles. The summed E-state index contributed by atoms with van der Waals surface area (Å²) in [5, 5.41) is 3.26. The zero-order valence-corrected chi connectivity index (χ0v) is 13.0. The van der Waals surface area contributed by atoms with Gasteiger partial charge in [-0.25, -0.2) is 9.66 Å². The van der Waals surface area contributed by atoms with E-state index in [4.69, 9.17) is 39.5 Å². The van der Waals surface area contributed by atoms with Crippen molar-refractivity contribution in [3.05, 3.63) is 28.0 Å². The first-order chi connectivity index (χ1) is 9.70. The van der Waals surface area contributed by atoms with E-state index < -0.39 is 0 Å². The van der Waals surface area contributed by atoms with Crippen molar-refractivity contribution in [2.24, 2.45) is 0 Å². The van der Waals surface area contributed by atoms with E-state index >= 15 is 0 Å². The lowest BCUT2D eigenvalue weighted by Gasteiger charge is -2.31. The summed E-state index contributed by atoms with van der Waals surface area (Å²) < 4.78 is 7.50. The fourth-order valence-electron chi connectivity index (χ4n) is 2.43. The maximum Gasteiger partial charge on any atom is 0.130 e. The van der Waals surface area contributed by atoms with E-state index in [0.29, 0.717) is 35.6 Å². The second kappa shape index (κ2) is 5.98. The van der Waals surface area contributed by atoms with Crippen LogP contribution in [0.25, 0.3) is 11.0 Å². The third-order valence-electron chi connectivity index (χ3n) is 3.33. The van der Waals surface area contributed by atoms with Gasteiger partial charge in [-0.2, -0.15) is 0 Å². The molecule has 0 saturated carbocycles. The first-order valence-electron chi connectivity index (χ1n) is 6.46. The zero-order valence-electron chi connectivity index (χ0n) is 10.8. The van der Waals surface area contributed by atoms with E-state index in [1.54, 1.807) is 6.07 Å². The first kappa shape index (κ1) is 14.3. The van der Waals surface area contributed by atoms with Crippen molar-refractivity contribution in [3.63, 3.8) is 0 Å². The summed E-state index contributed by atoms with van der Waals surface area (Å²) in [7, 11) is 0. The molecule has 1 aliphatic rings. The van der Waals surface area contributed by atoms with E-state index in [-0.39, 0.29) is 0 Å². The standard InChI is InChI=1S/C13H14Cl3N3O/c14-2-1-13-17-11-7-9(15)10(16)8-12(11)19(13)18-3-5-20-6-4-18/h7-8H,1-6H2. The van der Waals surface area contributed by atoms with Crippen LogP contribution in [0.3, 0.4) is 0 Å². The fourth-order valence-corrected chi connectivity index (χ4v) is 2.91. The number of benzene rings is 1. The molecule has 0 spiro atoms. The second-order valence-corrected chi connectivity index (χ2v) is 5.79. The number of hydrogen-bond donors (Lipinski definition) is 0. The zero-order chi connectivity index (χ0) is 14.1. The van der Waals surface area contributed by atoms with Crippen LogP contribution in [0.5, 0.6) is 0 Å². The Morgan fingerprint density at radius 3 is 2.55 bits per heavy atom. The third kappa shape index (κ3) is 2.58. The molecule has 0 radical (unpaired) electrons. The van der Waals surface area contributed by atoms with Crippen LogP contribution in [0, 0.1) is 0 Å². The van der Waals surface area contributed by atoms with Gasteiger partial charge in [-0.05, 0) is 12.1 Å². The Morgan fingerprint density at radius 1 is 1.15 bits per heavy atom.